The molecule has 130 valence electrons. The third-order valence-electron chi connectivity index (χ3n) is 1.66. The van der Waals surface area contributed by atoms with E-state index in [1.165, 1.54) is 0 Å². The molecule has 0 rings (SSSR count). The van der Waals surface area contributed by atoms with Gasteiger partial charge in [-0.3, -0.25) is 0 Å². The molecule has 0 aromatic rings. The van der Waals surface area contributed by atoms with E-state index in [4.69, 9.17) is 48.9 Å². The van der Waals surface area contributed by atoms with Gasteiger partial charge in [0.1, 0.15) is 0 Å². The molecule has 14 nitrogen and oxygen atoms in total. The molecule has 10 N–H and O–H groups in total. The lowest BCUT2D eigenvalue weighted by Crippen LogP contribution is -2.10. The quantitative estimate of drug-likeness (QED) is 0.120. The maximum Gasteiger partial charge on any atom is 0.469 e. The zero-order chi connectivity index (χ0) is 18.0. The van der Waals surface area contributed by atoms with E-state index in [9.17, 15) is 9.13 Å². The van der Waals surface area contributed by atoms with Gasteiger partial charge in [-0.1, -0.05) is 0 Å². The molecule has 0 radical (unpaired) electrons. The molecule has 0 aromatic carbocycles. The van der Waals surface area contributed by atoms with Gasteiger partial charge in [-0.05, 0) is 0 Å². The Kier molecular flexibility index (Phi) is 7.52. The third kappa shape index (κ3) is 7.69. The maximum absolute atomic E-state index is 10.9. The van der Waals surface area contributed by atoms with Crippen molar-refractivity contribution >= 4 is 41.5 Å². The van der Waals surface area contributed by atoms with Crippen LogP contribution in [0, 0.1) is 0 Å². The van der Waals surface area contributed by atoms with Crippen LogP contribution in [0.1, 0.15) is 0 Å². The molecule has 0 aliphatic heterocycles. The van der Waals surface area contributed by atoms with Crippen molar-refractivity contribution in [3.8, 4) is 0 Å². The molecule has 0 spiro atoms. The van der Waals surface area contributed by atoms with Crippen LogP contribution in [0.15, 0.2) is 9.98 Å². The largest absolute Gasteiger partial charge is 0.469 e. The smallest absolute Gasteiger partial charge is 0.317 e. The summed E-state index contributed by atoms with van der Waals surface area (Å²) in [6.45, 7) is -1.65. The van der Waals surface area contributed by atoms with Gasteiger partial charge in [-0.15, -0.1) is 0 Å². The summed E-state index contributed by atoms with van der Waals surface area (Å²) in [6, 6.07) is 0. The molecule has 0 fully saturated rings. The molecule has 0 amide bonds. The summed E-state index contributed by atoms with van der Waals surface area (Å²) in [4.78, 5) is 93.7. The van der Waals surface area contributed by atoms with Crippen LogP contribution >= 0.6 is 31.1 Å². The van der Waals surface area contributed by atoms with Crippen LogP contribution in [0.5, 0.6) is 0 Å². The molecular formula is C4H14N2O12P4+2. The Morgan fingerprint density at radius 2 is 0.909 bits per heavy atom. The Morgan fingerprint density at radius 1 is 0.682 bits per heavy atom. The Hall–Kier alpha value is 0.260. The van der Waals surface area contributed by atoms with Gasteiger partial charge < -0.3 is 19.6 Å². The minimum atomic E-state index is -5.32. The molecule has 0 heterocycles. The minimum Gasteiger partial charge on any atom is -0.317 e. The molecule has 0 aromatic heterocycles. The highest BCUT2D eigenvalue weighted by molar-refractivity contribution is 8.00. The average molecular weight is 406 g/mol. The highest BCUT2D eigenvalue weighted by Gasteiger charge is 2.52. The van der Waals surface area contributed by atoms with Crippen molar-refractivity contribution in [3.05, 3.63) is 0 Å². The fourth-order valence-electron chi connectivity index (χ4n) is 1.02. The van der Waals surface area contributed by atoms with Crippen LogP contribution in [0.25, 0.3) is 0 Å². The van der Waals surface area contributed by atoms with Gasteiger partial charge in [0.2, 0.25) is 0 Å². The standard InChI is InChI=1S/C4H12N2O12P4/c7-19(8,9)3(20(10,11)12)5-1-2-6-4(21(13,14)15)22(16,17)18/h7-9,13-15H,1-2H2,(H2-2,10,11,12,16,17,18)/p+2. The number of aliphatic imine (C=N–C) groups is 2. The molecule has 0 aliphatic rings. The summed E-state index contributed by atoms with van der Waals surface area (Å²) in [6.07, 6.45) is 0. The van der Waals surface area contributed by atoms with E-state index in [0.29, 0.717) is 0 Å². The summed E-state index contributed by atoms with van der Waals surface area (Å²) in [7, 11) is -20.9. The lowest BCUT2D eigenvalue weighted by molar-refractivity contribution is 0.345. The van der Waals surface area contributed by atoms with E-state index in [0.717, 1.165) is 0 Å². The summed E-state index contributed by atoms with van der Waals surface area (Å²) in [5.41, 5.74) is 0. The predicted octanol–water partition coefficient (Wildman–Crippen LogP) is -2.47. The summed E-state index contributed by atoms with van der Waals surface area (Å²) in [5, 5.41) is -3.29. The SMILES string of the molecule is O=P(O)(O)C(=NCCN=C(P(=O)(O)O)[P+](O)(O)O)[P+](O)(O)O. The van der Waals surface area contributed by atoms with E-state index in [1.54, 1.807) is 0 Å². The molecule has 0 unspecified atom stereocenters. The molecule has 0 saturated carbocycles. The molecule has 22 heavy (non-hydrogen) atoms. The van der Waals surface area contributed by atoms with Gasteiger partial charge in [0, 0.05) is 0 Å². The van der Waals surface area contributed by atoms with Gasteiger partial charge >= 0.3 is 41.5 Å². The summed E-state index contributed by atoms with van der Waals surface area (Å²) < 4.78 is 21.7. The second kappa shape index (κ2) is 7.43. The monoisotopic (exact) mass is 406 g/mol. The average Bonchev–Trinajstić information content (AvgIpc) is 2.14. The van der Waals surface area contributed by atoms with Crippen molar-refractivity contribution in [2.24, 2.45) is 9.98 Å². The van der Waals surface area contributed by atoms with Crippen molar-refractivity contribution in [1.82, 2.24) is 0 Å². The fraction of sp³-hybridized carbons (Fsp3) is 0.500. The van der Waals surface area contributed by atoms with Crippen molar-refractivity contribution < 1.29 is 58.1 Å². The lowest BCUT2D eigenvalue weighted by Gasteiger charge is -2.08. The van der Waals surface area contributed by atoms with Gasteiger partial charge in [-0.2, -0.15) is 29.4 Å². The number of rotatable bonds is 7. The zero-order valence-corrected chi connectivity index (χ0v) is 14.0. The Labute approximate surface area is 123 Å². The summed E-state index contributed by atoms with van der Waals surface area (Å²) in [5.74, 6) is 0. The number of hydrogen-bond donors (Lipinski definition) is 10. The van der Waals surface area contributed by atoms with Crippen LogP contribution in [0.2, 0.25) is 0 Å². The van der Waals surface area contributed by atoms with E-state index in [1.807, 2.05) is 0 Å². The molecule has 18 heteroatoms. The van der Waals surface area contributed by atoms with Crippen LogP contribution < -0.4 is 0 Å². The molecule has 0 saturated heterocycles. The van der Waals surface area contributed by atoms with Crippen LogP contribution in [-0.2, 0) is 9.13 Å². The first-order valence-electron chi connectivity index (χ1n) is 4.84. The van der Waals surface area contributed by atoms with Gasteiger partial charge in [0.15, 0.2) is 0 Å². The molecule has 0 aliphatic carbocycles. The Balaban J connectivity index is 5.30. The van der Waals surface area contributed by atoms with Gasteiger partial charge in [0.25, 0.3) is 0 Å². The molecular weight excluding hydrogens is 392 g/mol. The molecule has 0 atom stereocenters. The van der Waals surface area contributed by atoms with Crippen molar-refractivity contribution in [3.63, 3.8) is 0 Å². The van der Waals surface area contributed by atoms with Crippen molar-refractivity contribution in [1.29, 1.82) is 0 Å². The normalized spacial score (nSPS) is 16.1. The van der Waals surface area contributed by atoms with E-state index >= 15 is 0 Å². The maximum atomic E-state index is 10.9. The third-order valence-corrected chi connectivity index (χ3v) is 7.52. The minimum absolute atomic E-state index is 0.826. The fourth-order valence-corrected chi connectivity index (χ4v) is 4.97. The number of hydrogen-bond acceptors (Lipinski definition) is 10. The first-order valence-corrected chi connectivity index (χ1v) is 11.4. The predicted molar refractivity (Wildman–Crippen MR) is 75.8 cm³/mol. The topological polar surface area (TPSA) is 261 Å². The number of nitrogens with zero attached hydrogens (tertiary/aromatic N) is 2. The molecule has 0 bridgehead atoms. The van der Waals surface area contributed by atoms with Crippen LogP contribution in [0.3, 0.4) is 0 Å². The van der Waals surface area contributed by atoms with Crippen LogP contribution in [0.4, 0.5) is 0 Å². The Morgan fingerprint density at radius 3 is 1.05 bits per heavy atom. The highest BCUT2D eigenvalue weighted by Crippen LogP contribution is 2.61. The zero-order valence-electron chi connectivity index (χ0n) is 10.4. The second-order valence-corrected chi connectivity index (χ2v) is 10.4. The van der Waals surface area contributed by atoms with E-state index in [-0.39, 0.29) is 0 Å². The second-order valence-electron chi connectivity index (χ2n) is 3.59. The van der Waals surface area contributed by atoms with Crippen LogP contribution in [-0.4, -0.2) is 72.4 Å². The van der Waals surface area contributed by atoms with E-state index < -0.39 is 54.6 Å². The summed E-state index contributed by atoms with van der Waals surface area (Å²) >= 11 is 0. The highest BCUT2D eigenvalue weighted by atomic mass is 31.3. The van der Waals surface area contributed by atoms with Crippen molar-refractivity contribution in [2.45, 2.75) is 0 Å². The Bertz CT molecular complexity index is 496. The van der Waals surface area contributed by atoms with Crippen molar-refractivity contribution in [2.75, 3.05) is 13.1 Å². The first kappa shape index (κ1) is 22.3. The van der Waals surface area contributed by atoms with Gasteiger partial charge in [0.05, 0.1) is 13.1 Å². The first-order chi connectivity index (χ1) is 9.47. The van der Waals surface area contributed by atoms with E-state index in [2.05, 4.69) is 9.98 Å². The lowest BCUT2D eigenvalue weighted by atomic mass is 10.7. The van der Waals surface area contributed by atoms with Gasteiger partial charge in [-0.25, -0.2) is 19.1 Å².